The van der Waals surface area contributed by atoms with Gasteiger partial charge in [0.15, 0.2) is 0 Å². The van der Waals surface area contributed by atoms with Gasteiger partial charge in [0.25, 0.3) is 0 Å². The van der Waals surface area contributed by atoms with Crippen LogP contribution in [0.3, 0.4) is 0 Å². The Balaban J connectivity index is 2.36. The molecule has 0 radical (unpaired) electrons. The summed E-state index contributed by atoms with van der Waals surface area (Å²) in [5, 5.41) is 0.585. The number of halogens is 1. The summed E-state index contributed by atoms with van der Waals surface area (Å²) < 4.78 is 5.92. The molecule has 0 saturated carbocycles. The lowest BCUT2D eigenvalue weighted by Crippen LogP contribution is -2.18. The zero-order chi connectivity index (χ0) is 13.8. The predicted octanol–water partition coefficient (Wildman–Crippen LogP) is 3.73. The van der Waals surface area contributed by atoms with Crippen molar-refractivity contribution in [3.63, 3.8) is 0 Å². The fourth-order valence-electron chi connectivity index (χ4n) is 1.86. The zero-order valence-electron chi connectivity index (χ0n) is 11.1. The van der Waals surface area contributed by atoms with E-state index >= 15 is 0 Å². The minimum atomic E-state index is 0.0517. The Labute approximate surface area is 118 Å². The van der Waals surface area contributed by atoms with E-state index in [4.69, 9.17) is 22.1 Å². The molecule has 0 amide bonds. The Bertz CT molecular complexity index is 570. The summed E-state index contributed by atoms with van der Waals surface area (Å²) in [5.74, 6) is 1.37. The van der Waals surface area contributed by atoms with E-state index in [0.717, 1.165) is 17.7 Å². The molecule has 0 fully saturated rings. The molecule has 19 heavy (non-hydrogen) atoms. The maximum Gasteiger partial charge on any atom is 0.149 e. The molecule has 1 aromatic carbocycles. The molecule has 1 unspecified atom stereocenters. The second-order valence-corrected chi connectivity index (χ2v) is 5.01. The van der Waals surface area contributed by atoms with Crippen molar-refractivity contribution in [3.05, 3.63) is 52.8 Å². The molecule has 100 valence electrons. The second-order valence-electron chi connectivity index (χ2n) is 4.60. The third-order valence-corrected chi connectivity index (χ3v) is 3.06. The Morgan fingerprint density at radius 1 is 1.32 bits per heavy atom. The monoisotopic (exact) mass is 276 g/mol. The van der Waals surface area contributed by atoms with Gasteiger partial charge in [-0.25, -0.2) is 0 Å². The third kappa shape index (κ3) is 3.46. The van der Waals surface area contributed by atoms with Crippen LogP contribution in [-0.2, 0) is 6.42 Å². The minimum absolute atomic E-state index is 0.0517. The molecule has 2 N–H and O–H groups in total. The number of nitrogens with two attached hydrogens (primary N) is 1. The van der Waals surface area contributed by atoms with E-state index in [1.807, 2.05) is 44.2 Å². The summed E-state index contributed by atoms with van der Waals surface area (Å²) in [6, 6.07) is 9.47. The molecule has 0 aliphatic rings. The van der Waals surface area contributed by atoms with E-state index in [-0.39, 0.29) is 6.04 Å². The van der Waals surface area contributed by atoms with Gasteiger partial charge in [-0.15, -0.1) is 0 Å². The first-order chi connectivity index (χ1) is 9.08. The summed E-state index contributed by atoms with van der Waals surface area (Å²) in [4.78, 5) is 4.20. The summed E-state index contributed by atoms with van der Waals surface area (Å²) in [6.45, 7) is 3.86. The van der Waals surface area contributed by atoms with Crippen LogP contribution in [0, 0.1) is 6.92 Å². The van der Waals surface area contributed by atoms with Crippen LogP contribution in [0.2, 0.25) is 5.02 Å². The highest BCUT2D eigenvalue weighted by atomic mass is 35.5. The highest BCUT2D eigenvalue weighted by Crippen LogP contribution is 2.34. The van der Waals surface area contributed by atoms with Crippen molar-refractivity contribution in [1.82, 2.24) is 4.98 Å². The number of aryl methyl sites for hydroxylation is 1. The zero-order valence-corrected chi connectivity index (χ0v) is 11.8. The van der Waals surface area contributed by atoms with Crippen LogP contribution in [0.5, 0.6) is 11.5 Å². The number of nitrogens with zero attached hydrogens (tertiary/aromatic N) is 1. The summed E-state index contributed by atoms with van der Waals surface area (Å²) >= 11 is 6.23. The molecule has 3 nitrogen and oxygen atoms in total. The van der Waals surface area contributed by atoms with Crippen molar-refractivity contribution in [2.24, 2.45) is 5.73 Å². The summed E-state index contributed by atoms with van der Waals surface area (Å²) in [6.07, 6.45) is 2.45. The number of hydrogen-bond donors (Lipinski definition) is 1. The predicted molar refractivity (Wildman–Crippen MR) is 77.9 cm³/mol. The maximum atomic E-state index is 6.23. The second kappa shape index (κ2) is 6.04. The fourth-order valence-corrected chi connectivity index (χ4v) is 2.10. The first-order valence-electron chi connectivity index (χ1n) is 6.20. The van der Waals surface area contributed by atoms with Crippen LogP contribution >= 0.6 is 11.6 Å². The number of pyridine rings is 1. The first kappa shape index (κ1) is 13.8. The lowest BCUT2D eigenvalue weighted by molar-refractivity contribution is 0.467. The molecule has 2 aromatic rings. The van der Waals surface area contributed by atoms with Gasteiger partial charge < -0.3 is 10.5 Å². The Kier molecular flexibility index (Phi) is 4.40. The van der Waals surface area contributed by atoms with Gasteiger partial charge in [0.05, 0.1) is 10.7 Å². The molecule has 4 heteroatoms. The van der Waals surface area contributed by atoms with E-state index in [9.17, 15) is 0 Å². The molecule has 0 spiro atoms. The van der Waals surface area contributed by atoms with Crippen molar-refractivity contribution in [2.45, 2.75) is 26.3 Å². The molecule has 1 atom stereocenters. The van der Waals surface area contributed by atoms with E-state index in [2.05, 4.69) is 4.98 Å². The fraction of sp³-hybridized carbons (Fsp3) is 0.267. The quantitative estimate of drug-likeness (QED) is 0.926. The van der Waals surface area contributed by atoms with Gasteiger partial charge in [0.1, 0.15) is 11.5 Å². The molecule has 2 rings (SSSR count). The molecule has 0 saturated heterocycles. The average Bonchev–Trinajstić information content (AvgIpc) is 2.35. The van der Waals surface area contributed by atoms with Crippen LogP contribution in [0.4, 0.5) is 0 Å². The number of benzene rings is 1. The normalized spacial score (nSPS) is 12.2. The number of ether oxygens (including phenoxy) is 1. The smallest absolute Gasteiger partial charge is 0.149 e. The van der Waals surface area contributed by atoms with Crippen LogP contribution in [0.15, 0.2) is 36.5 Å². The van der Waals surface area contributed by atoms with Gasteiger partial charge in [-0.3, -0.25) is 4.98 Å². The molecule has 0 aliphatic heterocycles. The van der Waals surface area contributed by atoms with Crippen LogP contribution in [0.1, 0.15) is 18.2 Å². The lowest BCUT2D eigenvalue weighted by Gasteiger charge is -2.15. The Morgan fingerprint density at radius 2 is 2.11 bits per heavy atom. The number of para-hydroxylation sites is 1. The van der Waals surface area contributed by atoms with Crippen LogP contribution in [-0.4, -0.2) is 11.0 Å². The van der Waals surface area contributed by atoms with Crippen molar-refractivity contribution in [2.75, 3.05) is 0 Å². The van der Waals surface area contributed by atoms with Crippen LogP contribution < -0.4 is 10.5 Å². The van der Waals surface area contributed by atoms with Crippen molar-refractivity contribution < 1.29 is 4.74 Å². The maximum absolute atomic E-state index is 6.23. The molecule has 1 aromatic heterocycles. The van der Waals surface area contributed by atoms with E-state index in [1.54, 1.807) is 6.20 Å². The molecule has 0 aliphatic carbocycles. The largest absolute Gasteiger partial charge is 0.454 e. The third-order valence-electron chi connectivity index (χ3n) is 2.76. The number of aromatic nitrogens is 1. The van der Waals surface area contributed by atoms with Gasteiger partial charge >= 0.3 is 0 Å². The standard InChI is InChI=1S/C15H17ClN2O/c1-10(17)9-12-5-3-6-13(16)15(12)19-14-7-4-8-18-11(14)2/h3-8,10H,9,17H2,1-2H3. The average molecular weight is 277 g/mol. The van der Waals surface area contributed by atoms with Crippen LogP contribution in [0.25, 0.3) is 0 Å². The molecular weight excluding hydrogens is 260 g/mol. The van der Waals surface area contributed by atoms with Gasteiger partial charge in [0, 0.05) is 12.2 Å². The molecular formula is C15H17ClN2O. The minimum Gasteiger partial charge on any atom is -0.454 e. The Morgan fingerprint density at radius 3 is 2.79 bits per heavy atom. The SMILES string of the molecule is Cc1ncccc1Oc1c(Cl)cccc1CC(C)N. The molecule has 1 heterocycles. The lowest BCUT2D eigenvalue weighted by atomic mass is 10.1. The summed E-state index contributed by atoms with van der Waals surface area (Å²) in [7, 11) is 0. The van der Waals surface area contributed by atoms with Crippen molar-refractivity contribution in [1.29, 1.82) is 0 Å². The van der Waals surface area contributed by atoms with E-state index in [0.29, 0.717) is 16.5 Å². The van der Waals surface area contributed by atoms with Gasteiger partial charge in [-0.05, 0) is 44.0 Å². The van der Waals surface area contributed by atoms with Gasteiger partial charge in [0.2, 0.25) is 0 Å². The van der Waals surface area contributed by atoms with E-state index in [1.165, 1.54) is 0 Å². The highest BCUT2D eigenvalue weighted by Gasteiger charge is 2.12. The summed E-state index contributed by atoms with van der Waals surface area (Å²) in [5.41, 5.74) is 7.69. The van der Waals surface area contributed by atoms with Gasteiger partial charge in [-0.1, -0.05) is 23.7 Å². The topological polar surface area (TPSA) is 48.1 Å². The first-order valence-corrected chi connectivity index (χ1v) is 6.58. The number of hydrogen-bond acceptors (Lipinski definition) is 3. The van der Waals surface area contributed by atoms with Crippen molar-refractivity contribution >= 4 is 11.6 Å². The van der Waals surface area contributed by atoms with Crippen molar-refractivity contribution in [3.8, 4) is 11.5 Å². The van der Waals surface area contributed by atoms with E-state index < -0.39 is 0 Å². The van der Waals surface area contributed by atoms with Gasteiger partial charge in [-0.2, -0.15) is 0 Å². The number of rotatable bonds is 4. The highest BCUT2D eigenvalue weighted by molar-refractivity contribution is 6.32. The molecule has 0 bridgehead atoms. The Hall–Kier alpha value is -1.58.